The number of rotatable bonds is 5. The van der Waals surface area contributed by atoms with Crippen LogP contribution in [0.5, 0.6) is 0 Å². The lowest BCUT2D eigenvalue weighted by atomic mass is 9.84. The minimum absolute atomic E-state index is 0.493. The molecule has 1 atom stereocenters. The van der Waals surface area contributed by atoms with Crippen molar-refractivity contribution in [1.82, 2.24) is 5.32 Å². The van der Waals surface area contributed by atoms with E-state index in [1.807, 2.05) is 0 Å². The first-order valence-electron chi connectivity index (χ1n) is 6.71. The summed E-state index contributed by atoms with van der Waals surface area (Å²) in [5, 5.41) is 3.70. The topological polar surface area (TPSA) is 12.0 Å². The van der Waals surface area contributed by atoms with Crippen LogP contribution in [0.1, 0.15) is 66.2 Å². The predicted octanol–water partition coefficient (Wildman–Crippen LogP) is 3.98. The fourth-order valence-electron chi connectivity index (χ4n) is 2.81. The molecule has 1 aliphatic carbocycles. The summed E-state index contributed by atoms with van der Waals surface area (Å²) in [6.07, 6.45) is 8.39. The molecule has 1 heteroatoms. The summed E-state index contributed by atoms with van der Waals surface area (Å²) in [6, 6.07) is 0.840. The highest BCUT2D eigenvalue weighted by Gasteiger charge is 2.17. The summed E-state index contributed by atoms with van der Waals surface area (Å²) in [5.41, 5.74) is 0.493. The second kappa shape index (κ2) is 5.89. The quantitative estimate of drug-likeness (QED) is 0.725. The van der Waals surface area contributed by atoms with Crippen molar-refractivity contribution in [2.75, 3.05) is 6.54 Å². The average Bonchev–Trinajstić information content (AvgIpc) is 2.53. The largest absolute Gasteiger partial charge is 0.314 e. The maximum absolute atomic E-state index is 3.70. The molecule has 0 aromatic carbocycles. The van der Waals surface area contributed by atoms with E-state index in [2.05, 4.69) is 33.0 Å². The zero-order valence-corrected chi connectivity index (χ0v) is 11.1. The molecular formula is C14H29N. The molecule has 1 fully saturated rings. The van der Waals surface area contributed by atoms with E-state index >= 15 is 0 Å². The Kier molecular flexibility index (Phi) is 5.11. The van der Waals surface area contributed by atoms with Crippen molar-refractivity contribution in [3.63, 3.8) is 0 Å². The van der Waals surface area contributed by atoms with Crippen LogP contribution in [0.3, 0.4) is 0 Å². The molecule has 0 bridgehead atoms. The maximum Gasteiger partial charge on any atom is 0.00670 e. The van der Waals surface area contributed by atoms with Crippen LogP contribution in [-0.2, 0) is 0 Å². The van der Waals surface area contributed by atoms with Crippen LogP contribution in [-0.4, -0.2) is 12.6 Å². The fourth-order valence-corrected chi connectivity index (χ4v) is 2.81. The summed E-state index contributed by atoms with van der Waals surface area (Å²) >= 11 is 0. The van der Waals surface area contributed by atoms with Crippen molar-refractivity contribution in [2.24, 2.45) is 11.3 Å². The van der Waals surface area contributed by atoms with Gasteiger partial charge in [-0.25, -0.2) is 0 Å². The Labute approximate surface area is 96.0 Å². The molecule has 0 aromatic heterocycles. The third kappa shape index (κ3) is 6.19. The third-order valence-electron chi connectivity index (χ3n) is 3.39. The lowest BCUT2D eigenvalue weighted by Crippen LogP contribution is -2.28. The SMILES string of the molecule is CC(CCNC1CCCC1)CC(C)(C)C. The van der Waals surface area contributed by atoms with E-state index in [1.54, 1.807) is 0 Å². The minimum atomic E-state index is 0.493. The molecule has 0 radical (unpaired) electrons. The Morgan fingerprint density at radius 2 is 1.80 bits per heavy atom. The van der Waals surface area contributed by atoms with Crippen LogP contribution in [0.15, 0.2) is 0 Å². The van der Waals surface area contributed by atoms with E-state index in [0.717, 1.165) is 12.0 Å². The minimum Gasteiger partial charge on any atom is -0.314 e. The lowest BCUT2D eigenvalue weighted by Gasteiger charge is -2.23. The zero-order valence-electron chi connectivity index (χ0n) is 11.1. The lowest BCUT2D eigenvalue weighted by molar-refractivity contribution is 0.292. The van der Waals surface area contributed by atoms with Crippen molar-refractivity contribution in [3.8, 4) is 0 Å². The van der Waals surface area contributed by atoms with Gasteiger partial charge in [-0.15, -0.1) is 0 Å². The molecule has 0 aliphatic heterocycles. The van der Waals surface area contributed by atoms with E-state index in [0.29, 0.717) is 5.41 Å². The van der Waals surface area contributed by atoms with Gasteiger partial charge >= 0.3 is 0 Å². The summed E-state index contributed by atoms with van der Waals surface area (Å²) in [7, 11) is 0. The first-order valence-corrected chi connectivity index (χ1v) is 6.71. The smallest absolute Gasteiger partial charge is 0.00670 e. The molecule has 0 aromatic rings. The van der Waals surface area contributed by atoms with Crippen molar-refractivity contribution in [3.05, 3.63) is 0 Å². The van der Waals surface area contributed by atoms with E-state index < -0.39 is 0 Å². The van der Waals surface area contributed by atoms with Crippen LogP contribution in [0.4, 0.5) is 0 Å². The van der Waals surface area contributed by atoms with Gasteiger partial charge in [-0.3, -0.25) is 0 Å². The van der Waals surface area contributed by atoms with Crippen molar-refractivity contribution in [1.29, 1.82) is 0 Å². The number of nitrogens with one attached hydrogen (secondary N) is 1. The Balaban J connectivity index is 2.03. The Morgan fingerprint density at radius 3 is 2.33 bits per heavy atom. The van der Waals surface area contributed by atoms with E-state index in [9.17, 15) is 0 Å². The second-order valence-corrected chi connectivity index (χ2v) is 6.59. The van der Waals surface area contributed by atoms with Gasteiger partial charge in [0.05, 0.1) is 0 Å². The standard InChI is InChI=1S/C14H29N/c1-12(11-14(2,3)4)9-10-15-13-7-5-6-8-13/h12-13,15H,5-11H2,1-4H3. The number of hydrogen-bond donors (Lipinski definition) is 1. The normalized spacial score (nSPS) is 20.8. The van der Waals surface area contributed by atoms with E-state index in [4.69, 9.17) is 0 Å². The molecule has 1 nitrogen and oxygen atoms in total. The molecule has 1 unspecified atom stereocenters. The first kappa shape index (κ1) is 13.0. The summed E-state index contributed by atoms with van der Waals surface area (Å²) < 4.78 is 0. The predicted molar refractivity (Wildman–Crippen MR) is 68.1 cm³/mol. The molecule has 1 rings (SSSR count). The maximum atomic E-state index is 3.70. The summed E-state index contributed by atoms with van der Waals surface area (Å²) in [5.74, 6) is 0.860. The van der Waals surface area contributed by atoms with Gasteiger partial charge in [-0.1, -0.05) is 40.5 Å². The molecular weight excluding hydrogens is 182 g/mol. The van der Waals surface area contributed by atoms with Crippen LogP contribution >= 0.6 is 0 Å². The van der Waals surface area contributed by atoms with Crippen LogP contribution in [0.2, 0.25) is 0 Å². The van der Waals surface area contributed by atoms with Gasteiger partial charge < -0.3 is 5.32 Å². The highest BCUT2D eigenvalue weighted by Crippen LogP contribution is 2.25. The first-order chi connectivity index (χ1) is 6.97. The monoisotopic (exact) mass is 211 g/mol. The van der Waals surface area contributed by atoms with Gasteiger partial charge in [0.1, 0.15) is 0 Å². The molecule has 1 saturated carbocycles. The van der Waals surface area contributed by atoms with Crippen LogP contribution in [0.25, 0.3) is 0 Å². The van der Waals surface area contributed by atoms with E-state index in [-0.39, 0.29) is 0 Å². The second-order valence-electron chi connectivity index (χ2n) is 6.59. The summed E-state index contributed by atoms with van der Waals surface area (Å²) in [6.45, 7) is 10.6. The Hall–Kier alpha value is -0.0400. The van der Waals surface area contributed by atoms with Crippen molar-refractivity contribution < 1.29 is 0 Å². The highest BCUT2D eigenvalue weighted by atomic mass is 14.9. The van der Waals surface area contributed by atoms with Crippen LogP contribution < -0.4 is 5.32 Å². The molecule has 0 saturated heterocycles. The molecule has 0 heterocycles. The molecule has 15 heavy (non-hydrogen) atoms. The average molecular weight is 211 g/mol. The number of hydrogen-bond acceptors (Lipinski definition) is 1. The fraction of sp³-hybridized carbons (Fsp3) is 1.00. The zero-order chi connectivity index (χ0) is 11.3. The van der Waals surface area contributed by atoms with Crippen LogP contribution in [0, 0.1) is 11.3 Å². The summed E-state index contributed by atoms with van der Waals surface area (Å²) in [4.78, 5) is 0. The van der Waals surface area contributed by atoms with Gasteiger partial charge in [-0.05, 0) is 43.6 Å². The molecule has 0 amide bonds. The van der Waals surface area contributed by atoms with E-state index in [1.165, 1.54) is 45.1 Å². The van der Waals surface area contributed by atoms with Gasteiger partial charge in [0.15, 0.2) is 0 Å². The molecule has 90 valence electrons. The molecule has 1 aliphatic rings. The van der Waals surface area contributed by atoms with Gasteiger partial charge in [0.2, 0.25) is 0 Å². The van der Waals surface area contributed by atoms with Gasteiger partial charge in [0, 0.05) is 6.04 Å². The van der Waals surface area contributed by atoms with Crippen molar-refractivity contribution in [2.45, 2.75) is 72.3 Å². The Bertz CT molecular complexity index is 163. The molecule has 0 spiro atoms. The molecule has 1 N–H and O–H groups in total. The highest BCUT2D eigenvalue weighted by molar-refractivity contribution is 4.74. The Morgan fingerprint density at radius 1 is 1.20 bits per heavy atom. The third-order valence-corrected chi connectivity index (χ3v) is 3.39. The van der Waals surface area contributed by atoms with Gasteiger partial charge in [-0.2, -0.15) is 0 Å². The van der Waals surface area contributed by atoms with Crippen molar-refractivity contribution >= 4 is 0 Å². The van der Waals surface area contributed by atoms with Gasteiger partial charge in [0.25, 0.3) is 0 Å².